The number of benzene rings is 2. The van der Waals surface area contributed by atoms with E-state index in [2.05, 4.69) is 10.6 Å². The van der Waals surface area contributed by atoms with Gasteiger partial charge < -0.3 is 10.6 Å². The van der Waals surface area contributed by atoms with Crippen molar-refractivity contribution < 1.29 is 9.72 Å². The van der Waals surface area contributed by atoms with Crippen LogP contribution in [0.2, 0.25) is 10.0 Å². The highest BCUT2D eigenvalue weighted by Crippen LogP contribution is 2.29. The molecule has 0 bridgehead atoms. The van der Waals surface area contributed by atoms with Gasteiger partial charge in [-0.1, -0.05) is 35.3 Å². The molecule has 2 aromatic carbocycles. The molecule has 23 heavy (non-hydrogen) atoms. The zero-order valence-corrected chi connectivity index (χ0v) is 13.6. The summed E-state index contributed by atoms with van der Waals surface area (Å²) in [5.74, 6) is -0.347. The van der Waals surface area contributed by atoms with Crippen molar-refractivity contribution in [2.24, 2.45) is 0 Å². The van der Waals surface area contributed by atoms with Crippen LogP contribution in [-0.4, -0.2) is 17.4 Å². The quantitative estimate of drug-likeness (QED) is 0.621. The maximum absolute atomic E-state index is 12.0. The van der Waals surface area contributed by atoms with Crippen LogP contribution in [0.15, 0.2) is 36.4 Å². The van der Waals surface area contributed by atoms with Gasteiger partial charge in [-0.2, -0.15) is 0 Å². The fraction of sp³-hybridized carbons (Fsp3) is 0.133. The first kappa shape index (κ1) is 17.1. The number of rotatable bonds is 5. The summed E-state index contributed by atoms with van der Waals surface area (Å²) in [5.41, 5.74) is 1.67. The molecule has 1 amide bonds. The predicted octanol–water partition coefficient (Wildman–Crippen LogP) is 4.26. The molecule has 0 atom stereocenters. The molecule has 0 aliphatic carbocycles. The van der Waals surface area contributed by atoms with E-state index >= 15 is 0 Å². The van der Waals surface area contributed by atoms with Crippen molar-refractivity contribution in [3.05, 3.63) is 62.1 Å². The van der Waals surface area contributed by atoms with Crippen LogP contribution >= 0.6 is 23.2 Å². The zero-order valence-electron chi connectivity index (χ0n) is 12.1. The van der Waals surface area contributed by atoms with Crippen molar-refractivity contribution in [1.82, 2.24) is 0 Å². The van der Waals surface area contributed by atoms with Gasteiger partial charge in [0.05, 0.1) is 27.2 Å². The molecule has 0 saturated carbocycles. The first-order valence-corrected chi connectivity index (χ1v) is 7.37. The van der Waals surface area contributed by atoms with Gasteiger partial charge in [0.2, 0.25) is 5.91 Å². The summed E-state index contributed by atoms with van der Waals surface area (Å²) in [4.78, 5) is 22.3. The highest BCUT2D eigenvalue weighted by Gasteiger charge is 2.11. The van der Waals surface area contributed by atoms with Gasteiger partial charge in [-0.25, -0.2) is 0 Å². The van der Waals surface area contributed by atoms with Gasteiger partial charge in [0, 0.05) is 17.8 Å². The van der Waals surface area contributed by atoms with Gasteiger partial charge in [0.25, 0.3) is 5.69 Å². The Hall–Kier alpha value is -2.31. The molecule has 120 valence electrons. The van der Waals surface area contributed by atoms with E-state index < -0.39 is 4.92 Å². The summed E-state index contributed by atoms with van der Waals surface area (Å²) in [6.07, 6.45) is 0. The van der Waals surface area contributed by atoms with Gasteiger partial charge in [-0.05, 0) is 24.6 Å². The lowest BCUT2D eigenvalue weighted by Gasteiger charge is -2.11. The normalized spacial score (nSPS) is 10.2. The molecule has 0 spiro atoms. The van der Waals surface area contributed by atoms with Crippen LogP contribution < -0.4 is 10.6 Å². The van der Waals surface area contributed by atoms with Crippen molar-refractivity contribution in [1.29, 1.82) is 0 Å². The average Bonchev–Trinajstić information content (AvgIpc) is 2.51. The molecule has 0 aliphatic rings. The number of aryl methyl sites for hydroxylation is 1. The third-order valence-corrected chi connectivity index (χ3v) is 3.92. The SMILES string of the molecule is Cc1ccc([N+](=O)[O-])cc1NCC(=O)Nc1cccc(Cl)c1Cl. The highest BCUT2D eigenvalue weighted by molar-refractivity contribution is 6.44. The number of carbonyl (C=O) groups is 1. The van der Waals surface area contributed by atoms with E-state index in [0.717, 1.165) is 5.56 Å². The van der Waals surface area contributed by atoms with E-state index in [4.69, 9.17) is 23.2 Å². The molecular weight excluding hydrogens is 341 g/mol. The summed E-state index contributed by atoms with van der Waals surface area (Å²) in [6, 6.07) is 9.32. The van der Waals surface area contributed by atoms with Crippen LogP contribution in [0.3, 0.4) is 0 Å². The molecule has 2 aromatic rings. The Bertz CT molecular complexity index is 766. The Kier molecular flexibility index (Phi) is 5.41. The fourth-order valence-electron chi connectivity index (χ4n) is 1.88. The maximum Gasteiger partial charge on any atom is 0.271 e. The van der Waals surface area contributed by atoms with Gasteiger partial charge >= 0.3 is 0 Å². The van der Waals surface area contributed by atoms with E-state index in [1.807, 2.05) is 0 Å². The lowest BCUT2D eigenvalue weighted by atomic mass is 10.2. The molecule has 0 radical (unpaired) electrons. The Balaban J connectivity index is 2.03. The number of carbonyl (C=O) groups excluding carboxylic acids is 1. The standard InChI is InChI=1S/C15H13Cl2N3O3/c1-9-5-6-10(20(22)23)7-13(9)18-8-14(21)19-12-4-2-3-11(16)15(12)17/h2-7,18H,8H2,1H3,(H,19,21). The molecule has 8 heteroatoms. The van der Waals surface area contributed by atoms with Crippen molar-refractivity contribution in [3.8, 4) is 0 Å². The minimum absolute atomic E-state index is 0.0450. The zero-order chi connectivity index (χ0) is 17.0. The summed E-state index contributed by atoms with van der Waals surface area (Å²) >= 11 is 11.9. The molecule has 6 nitrogen and oxygen atoms in total. The first-order chi connectivity index (χ1) is 10.9. The van der Waals surface area contributed by atoms with E-state index in [1.165, 1.54) is 12.1 Å². The number of hydrogen-bond donors (Lipinski definition) is 2. The molecule has 2 rings (SSSR count). The molecule has 0 heterocycles. The number of hydrogen-bond acceptors (Lipinski definition) is 4. The summed E-state index contributed by atoms with van der Waals surface area (Å²) in [6.45, 7) is 1.72. The van der Waals surface area contributed by atoms with Crippen LogP contribution in [0.4, 0.5) is 17.1 Å². The van der Waals surface area contributed by atoms with Gasteiger partial charge in [0.15, 0.2) is 0 Å². The minimum Gasteiger partial charge on any atom is -0.376 e. The van der Waals surface area contributed by atoms with Crippen LogP contribution in [0.25, 0.3) is 0 Å². The summed E-state index contributed by atoms with van der Waals surface area (Å²) < 4.78 is 0. The second kappa shape index (κ2) is 7.30. The summed E-state index contributed by atoms with van der Waals surface area (Å²) in [7, 11) is 0. The second-order valence-corrected chi connectivity index (χ2v) is 5.54. The lowest BCUT2D eigenvalue weighted by Crippen LogP contribution is -2.22. The third-order valence-electron chi connectivity index (χ3n) is 3.10. The molecule has 2 N–H and O–H groups in total. The smallest absolute Gasteiger partial charge is 0.271 e. The largest absolute Gasteiger partial charge is 0.376 e. The van der Waals surface area contributed by atoms with Gasteiger partial charge in [-0.3, -0.25) is 14.9 Å². The van der Waals surface area contributed by atoms with E-state index in [0.29, 0.717) is 16.4 Å². The van der Waals surface area contributed by atoms with Crippen molar-refractivity contribution in [2.75, 3.05) is 17.2 Å². The number of amides is 1. The van der Waals surface area contributed by atoms with Crippen molar-refractivity contribution in [3.63, 3.8) is 0 Å². The molecule has 0 unspecified atom stereocenters. The number of nitro groups is 1. The monoisotopic (exact) mass is 353 g/mol. The highest BCUT2D eigenvalue weighted by atomic mass is 35.5. The Morgan fingerprint density at radius 3 is 2.65 bits per heavy atom. The number of non-ortho nitro benzene ring substituents is 1. The molecular formula is C15H13Cl2N3O3. The lowest BCUT2D eigenvalue weighted by molar-refractivity contribution is -0.384. The molecule has 0 aliphatic heterocycles. The Labute approximate surface area is 142 Å². The van der Waals surface area contributed by atoms with Crippen LogP contribution in [0.1, 0.15) is 5.56 Å². The molecule has 0 saturated heterocycles. The minimum atomic E-state index is -0.490. The van der Waals surface area contributed by atoms with Gasteiger partial charge in [-0.15, -0.1) is 0 Å². The number of nitrogens with one attached hydrogen (secondary N) is 2. The average molecular weight is 354 g/mol. The summed E-state index contributed by atoms with van der Waals surface area (Å²) in [5, 5.41) is 16.9. The van der Waals surface area contributed by atoms with Gasteiger partial charge in [0.1, 0.15) is 0 Å². The maximum atomic E-state index is 12.0. The topological polar surface area (TPSA) is 84.3 Å². The third kappa shape index (κ3) is 4.34. The van der Waals surface area contributed by atoms with E-state index in [-0.39, 0.29) is 23.2 Å². The Morgan fingerprint density at radius 2 is 1.96 bits per heavy atom. The first-order valence-electron chi connectivity index (χ1n) is 6.61. The van der Waals surface area contributed by atoms with Crippen LogP contribution in [-0.2, 0) is 4.79 Å². The van der Waals surface area contributed by atoms with Crippen LogP contribution in [0.5, 0.6) is 0 Å². The molecule has 0 fully saturated rings. The van der Waals surface area contributed by atoms with Crippen LogP contribution in [0, 0.1) is 17.0 Å². The fourth-order valence-corrected chi connectivity index (χ4v) is 2.23. The number of nitrogens with zero attached hydrogens (tertiary/aromatic N) is 1. The van der Waals surface area contributed by atoms with E-state index in [1.54, 1.807) is 31.2 Å². The number of nitro benzene ring substituents is 1. The molecule has 0 aromatic heterocycles. The number of anilines is 2. The van der Waals surface area contributed by atoms with Crippen molar-refractivity contribution >= 4 is 46.2 Å². The van der Waals surface area contributed by atoms with E-state index in [9.17, 15) is 14.9 Å². The van der Waals surface area contributed by atoms with Crippen molar-refractivity contribution in [2.45, 2.75) is 6.92 Å². The predicted molar refractivity (Wildman–Crippen MR) is 91.4 cm³/mol. The second-order valence-electron chi connectivity index (χ2n) is 4.76. The Morgan fingerprint density at radius 1 is 1.22 bits per heavy atom. The number of halogens is 2.